The summed E-state index contributed by atoms with van der Waals surface area (Å²) in [6, 6.07) is 6.79. The van der Waals surface area contributed by atoms with Crippen LogP contribution in [0.2, 0.25) is 0 Å². The first kappa shape index (κ1) is 30.7. The molecular formula is C24H32N6O6S2. The third-order valence-electron chi connectivity index (χ3n) is 4.43. The van der Waals surface area contributed by atoms with Crippen LogP contribution in [-0.4, -0.2) is 70.9 Å². The van der Waals surface area contributed by atoms with E-state index in [-0.39, 0.29) is 18.4 Å². The van der Waals surface area contributed by atoms with Gasteiger partial charge in [-0.1, -0.05) is 0 Å². The molecule has 5 N–H and O–H groups in total. The number of aromatic nitrogens is 2. The maximum Gasteiger partial charge on any atom is 0.407 e. The second-order valence-corrected chi connectivity index (χ2v) is 11.0. The molecule has 12 nitrogen and oxygen atoms in total. The van der Waals surface area contributed by atoms with Gasteiger partial charge in [-0.25, -0.2) is 19.6 Å². The Morgan fingerprint density at radius 2 is 1.21 bits per heavy atom. The average molecular weight is 565 g/mol. The first-order valence-electron chi connectivity index (χ1n) is 11.8. The topological polar surface area (TPSA) is 172 Å². The molecule has 0 atom stereocenters. The first-order valence-corrected chi connectivity index (χ1v) is 13.9. The first-order chi connectivity index (χ1) is 18.0. The highest BCUT2D eigenvalue weighted by Crippen LogP contribution is 2.34. The number of hydrogen-bond acceptors (Lipinski definition) is 9. The standard InChI is InChI=1S/C24H32N6O6S2/c1-24(2,3)36-23(35)28-13-5-11-26-21(32)17-7-9-19(30-15-17)38-37-18-8-6-16(14-29-18)20(31)25-10-4-12-27-22(33)34/h6-9,14-15,27H,4-5,10-13H2,1-3H3,(H,25,31)(H,26,32)(H,28,35)(H,33,34). The molecule has 0 spiro atoms. The van der Waals surface area contributed by atoms with Crippen molar-refractivity contribution >= 4 is 45.6 Å². The monoisotopic (exact) mass is 564 g/mol. The van der Waals surface area contributed by atoms with E-state index in [0.29, 0.717) is 53.7 Å². The van der Waals surface area contributed by atoms with Crippen molar-refractivity contribution in [1.29, 1.82) is 0 Å². The van der Waals surface area contributed by atoms with Gasteiger partial charge in [0, 0.05) is 38.6 Å². The van der Waals surface area contributed by atoms with Crippen molar-refractivity contribution in [2.24, 2.45) is 0 Å². The number of carbonyl (C=O) groups excluding carboxylic acids is 3. The van der Waals surface area contributed by atoms with Crippen molar-refractivity contribution in [3.05, 3.63) is 47.8 Å². The summed E-state index contributed by atoms with van der Waals surface area (Å²) in [5.41, 5.74) is 0.269. The molecule has 0 aliphatic rings. The van der Waals surface area contributed by atoms with Crippen LogP contribution >= 0.6 is 21.6 Å². The number of pyridine rings is 2. The average Bonchev–Trinajstić information content (AvgIpc) is 2.86. The maximum absolute atomic E-state index is 12.3. The van der Waals surface area contributed by atoms with Gasteiger partial charge < -0.3 is 31.1 Å². The van der Waals surface area contributed by atoms with Crippen LogP contribution in [0.25, 0.3) is 0 Å². The Balaban J connectivity index is 1.68. The minimum Gasteiger partial charge on any atom is -0.465 e. The lowest BCUT2D eigenvalue weighted by molar-refractivity contribution is 0.0527. The van der Waals surface area contributed by atoms with Crippen molar-refractivity contribution in [3.63, 3.8) is 0 Å². The van der Waals surface area contributed by atoms with Gasteiger partial charge in [0.15, 0.2) is 0 Å². The van der Waals surface area contributed by atoms with E-state index in [4.69, 9.17) is 9.84 Å². The molecule has 0 radical (unpaired) electrons. The third-order valence-corrected chi connectivity index (χ3v) is 6.61. The maximum atomic E-state index is 12.3. The van der Waals surface area contributed by atoms with E-state index in [1.54, 1.807) is 45.0 Å². The van der Waals surface area contributed by atoms with E-state index in [9.17, 15) is 19.2 Å². The Morgan fingerprint density at radius 1 is 0.763 bits per heavy atom. The summed E-state index contributed by atoms with van der Waals surface area (Å²) < 4.78 is 5.15. The Kier molecular flexibility index (Phi) is 12.7. The van der Waals surface area contributed by atoms with Gasteiger partial charge in [-0.3, -0.25) is 9.59 Å². The summed E-state index contributed by atoms with van der Waals surface area (Å²) in [6.07, 6.45) is 2.41. The number of alkyl carbamates (subject to hydrolysis) is 1. The molecule has 0 aliphatic carbocycles. The van der Waals surface area contributed by atoms with Crippen LogP contribution in [0.1, 0.15) is 54.3 Å². The van der Waals surface area contributed by atoms with Gasteiger partial charge in [0.1, 0.15) is 15.7 Å². The summed E-state index contributed by atoms with van der Waals surface area (Å²) in [5, 5.41) is 20.2. The number of rotatable bonds is 13. The van der Waals surface area contributed by atoms with Gasteiger partial charge in [-0.2, -0.15) is 0 Å². The molecule has 0 bridgehead atoms. The lowest BCUT2D eigenvalue weighted by atomic mass is 10.2. The predicted molar refractivity (Wildman–Crippen MR) is 144 cm³/mol. The molecule has 0 fully saturated rings. The number of hydrogen-bond donors (Lipinski definition) is 5. The van der Waals surface area contributed by atoms with E-state index >= 15 is 0 Å². The number of ether oxygens (including phenoxy) is 1. The highest BCUT2D eigenvalue weighted by Gasteiger charge is 2.15. The molecule has 2 rings (SSSR count). The smallest absolute Gasteiger partial charge is 0.407 e. The Hall–Kier alpha value is -3.52. The third kappa shape index (κ3) is 12.6. The minimum atomic E-state index is -1.10. The van der Waals surface area contributed by atoms with Gasteiger partial charge in [0.25, 0.3) is 11.8 Å². The molecule has 14 heteroatoms. The summed E-state index contributed by atoms with van der Waals surface area (Å²) in [6.45, 7) is 6.74. The molecule has 0 aliphatic heterocycles. The normalized spacial score (nSPS) is 10.8. The number of nitrogens with zero attached hydrogens (tertiary/aromatic N) is 2. The van der Waals surface area contributed by atoms with Crippen molar-refractivity contribution in [3.8, 4) is 0 Å². The molecule has 206 valence electrons. The van der Waals surface area contributed by atoms with Crippen molar-refractivity contribution in [2.75, 3.05) is 26.2 Å². The fourth-order valence-electron chi connectivity index (χ4n) is 2.70. The molecule has 2 aromatic rings. The van der Waals surface area contributed by atoms with Gasteiger partial charge in [-0.05, 0) is 79.5 Å². The molecule has 2 aromatic heterocycles. The van der Waals surface area contributed by atoms with Crippen LogP contribution in [0.15, 0.2) is 46.7 Å². The zero-order chi connectivity index (χ0) is 28.0. The Morgan fingerprint density at radius 3 is 1.61 bits per heavy atom. The van der Waals surface area contributed by atoms with Crippen LogP contribution in [0, 0.1) is 0 Å². The van der Waals surface area contributed by atoms with Crippen LogP contribution < -0.4 is 21.3 Å². The molecule has 0 saturated heterocycles. The summed E-state index contributed by atoms with van der Waals surface area (Å²) in [5.74, 6) is -0.542. The SMILES string of the molecule is CC(C)(C)OC(=O)NCCCNC(=O)c1ccc(SSc2ccc(C(=O)NCCCNC(=O)O)cn2)nc1. The van der Waals surface area contributed by atoms with Crippen LogP contribution in [0.3, 0.4) is 0 Å². The van der Waals surface area contributed by atoms with Crippen LogP contribution in [0.5, 0.6) is 0 Å². The van der Waals surface area contributed by atoms with E-state index in [2.05, 4.69) is 31.2 Å². The fourth-order valence-corrected chi connectivity index (χ4v) is 4.41. The van der Waals surface area contributed by atoms with E-state index in [0.717, 1.165) is 0 Å². The van der Waals surface area contributed by atoms with Crippen molar-refractivity contribution < 1.29 is 29.0 Å². The predicted octanol–water partition coefficient (Wildman–Crippen LogP) is 3.31. The quantitative estimate of drug-likeness (QED) is 0.179. The van der Waals surface area contributed by atoms with Crippen molar-refractivity contribution in [1.82, 2.24) is 31.2 Å². The van der Waals surface area contributed by atoms with E-state index in [1.807, 2.05) is 0 Å². The van der Waals surface area contributed by atoms with Gasteiger partial charge in [0.2, 0.25) is 0 Å². The van der Waals surface area contributed by atoms with Crippen LogP contribution in [0.4, 0.5) is 9.59 Å². The second kappa shape index (κ2) is 15.7. The molecule has 4 amide bonds. The van der Waals surface area contributed by atoms with Gasteiger partial charge >= 0.3 is 12.2 Å². The second-order valence-electron chi connectivity index (χ2n) is 8.82. The lowest BCUT2D eigenvalue weighted by Gasteiger charge is -2.19. The fraction of sp³-hybridized carbons (Fsp3) is 0.417. The van der Waals surface area contributed by atoms with Crippen molar-refractivity contribution in [2.45, 2.75) is 49.3 Å². The highest BCUT2D eigenvalue weighted by molar-refractivity contribution is 8.76. The molecular weight excluding hydrogens is 532 g/mol. The largest absolute Gasteiger partial charge is 0.465 e. The molecule has 38 heavy (non-hydrogen) atoms. The zero-order valence-electron chi connectivity index (χ0n) is 21.4. The van der Waals surface area contributed by atoms with Gasteiger partial charge in [0.05, 0.1) is 11.1 Å². The Bertz CT molecular complexity index is 1080. The lowest BCUT2D eigenvalue weighted by Crippen LogP contribution is -2.34. The number of carboxylic acid groups (broad SMARTS) is 1. The van der Waals surface area contributed by atoms with Gasteiger partial charge in [-0.15, -0.1) is 0 Å². The molecule has 0 unspecified atom stereocenters. The number of nitrogens with one attached hydrogen (secondary N) is 4. The molecule has 2 heterocycles. The zero-order valence-corrected chi connectivity index (χ0v) is 23.0. The minimum absolute atomic E-state index is 0.257. The van der Waals surface area contributed by atoms with E-state index in [1.165, 1.54) is 34.0 Å². The van der Waals surface area contributed by atoms with E-state index < -0.39 is 17.8 Å². The number of carbonyl (C=O) groups is 4. The summed E-state index contributed by atoms with van der Waals surface area (Å²) in [4.78, 5) is 55.0. The highest BCUT2D eigenvalue weighted by atomic mass is 33.1. The Labute approximate surface area is 228 Å². The summed E-state index contributed by atoms with van der Waals surface area (Å²) >= 11 is 0. The summed E-state index contributed by atoms with van der Waals surface area (Å²) in [7, 11) is 2.73. The molecule has 0 saturated carbocycles. The molecule has 0 aromatic carbocycles. The van der Waals surface area contributed by atoms with Crippen LogP contribution in [-0.2, 0) is 4.74 Å². The number of amides is 4.